The van der Waals surface area contributed by atoms with Crippen molar-refractivity contribution in [2.45, 2.75) is 24.6 Å². The van der Waals surface area contributed by atoms with Crippen LogP contribution >= 0.6 is 0 Å². The molecule has 0 atom stereocenters. The van der Waals surface area contributed by atoms with Gasteiger partial charge in [0, 0.05) is 12.4 Å². The molecule has 1 aliphatic rings. The second kappa shape index (κ2) is 6.86. The first-order valence-corrected chi connectivity index (χ1v) is 7.88. The predicted octanol–water partition coefficient (Wildman–Crippen LogP) is 3.03. The SMILES string of the molecule is C=C(NNC(=O)c1cnc(NC2(c3ccc(F)cc3)CC2)nc1)C(F)(F)F. The first-order chi connectivity index (χ1) is 12.7. The van der Waals surface area contributed by atoms with Gasteiger partial charge in [-0.05, 0) is 30.5 Å². The molecule has 0 spiro atoms. The molecule has 1 saturated carbocycles. The fourth-order valence-electron chi connectivity index (χ4n) is 2.38. The Morgan fingerprint density at radius 3 is 2.19 bits per heavy atom. The molecule has 0 radical (unpaired) electrons. The van der Waals surface area contributed by atoms with E-state index in [0.717, 1.165) is 18.4 Å². The van der Waals surface area contributed by atoms with Crippen molar-refractivity contribution in [1.29, 1.82) is 0 Å². The number of halogens is 4. The number of carbonyl (C=O) groups excluding carboxylic acids is 1. The Kier molecular flexibility index (Phi) is 4.73. The molecule has 1 amide bonds. The number of amides is 1. The summed E-state index contributed by atoms with van der Waals surface area (Å²) in [5, 5.41) is 3.15. The number of hydrazine groups is 1. The average Bonchev–Trinajstić information content (AvgIpc) is 3.40. The maximum absolute atomic E-state index is 13.1. The van der Waals surface area contributed by atoms with E-state index in [0.29, 0.717) is 0 Å². The average molecular weight is 381 g/mol. The van der Waals surface area contributed by atoms with Gasteiger partial charge in [0.1, 0.15) is 11.5 Å². The zero-order chi connectivity index (χ0) is 19.7. The highest BCUT2D eigenvalue weighted by atomic mass is 19.4. The van der Waals surface area contributed by atoms with Crippen molar-refractivity contribution in [2.75, 3.05) is 5.32 Å². The molecule has 0 bridgehead atoms. The minimum Gasteiger partial charge on any atom is -0.345 e. The third-order valence-corrected chi connectivity index (χ3v) is 4.08. The minimum atomic E-state index is -4.67. The van der Waals surface area contributed by atoms with E-state index in [1.54, 1.807) is 17.6 Å². The molecule has 1 aromatic carbocycles. The molecule has 1 heterocycles. The van der Waals surface area contributed by atoms with Crippen LogP contribution in [0.1, 0.15) is 28.8 Å². The Hall–Kier alpha value is -3.17. The van der Waals surface area contributed by atoms with Gasteiger partial charge < -0.3 is 5.32 Å². The van der Waals surface area contributed by atoms with Crippen molar-refractivity contribution in [1.82, 2.24) is 20.8 Å². The molecule has 1 aliphatic carbocycles. The molecule has 3 rings (SSSR count). The predicted molar refractivity (Wildman–Crippen MR) is 88.8 cm³/mol. The fourth-order valence-corrected chi connectivity index (χ4v) is 2.38. The number of nitrogens with zero attached hydrogens (tertiary/aromatic N) is 2. The largest absolute Gasteiger partial charge is 0.432 e. The van der Waals surface area contributed by atoms with Crippen molar-refractivity contribution >= 4 is 11.9 Å². The van der Waals surface area contributed by atoms with Crippen LogP contribution in [0, 0.1) is 5.82 Å². The Morgan fingerprint density at radius 1 is 1.07 bits per heavy atom. The van der Waals surface area contributed by atoms with Crippen LogP contribution in [0.4, 0.5) is 23.5 Å². The first-order valence-electron chi connectivity index (χ1n) is 7.88. The van der Waals surface area contributed by atoms with Crippen LogP contribution in [-0.2, 0) is 5.54 Å². The number of anilines is 1. The summed E-state index contributed by atoms with van der Waals surface area (Å²) in [6.07, 6.45) is -0.676. The molecule has 0 aliphatic heterocycles. The molecule has 10 heteroatoms. The third kappa shape index (κ3) is 4.33. The highest BCUT2D eigenvalue weighted by Crippen LogP contribution is 2.47. The molecule has 3 N–H and O–H groups in total. The Morgan fingerprint density at radius 2 is 1.67 bits per heavy atom. The summed E-state index contributed by atoms with van der Waals surface area (Å²) in [4.78, 5) is 19.8. The van der Waals surface area contributed by atoms with Crippen LogP contribution in [0.5, 0.6) is 0 Å². The molecular weight excluding hydrogens is 366 g/mol. The van der Waals surface area contributed by atoms with Crippen LogP contribution in [-0.4, -0.2) is 22.1 Å². The lowest BCUT2D eigenvalue weighted by Crippen LogP contribution is -2.40. The van der Waals surface area contributed by atoms with Gasteiger partial charge >= 0.3 is 6.18 Å². The smallest absolute Gasteiger partial charge is 0.345 e. The van der Waals surface area contributed by atoms with Crippen LogP contribution in [0.3, 0.4) is 0 Å². The Balaban J connectivity index is 1.61. The number of nitrogens with one attached hydrogen (secondary N) is 3. The van der Waals surface area contributed by atoms with E-state index in [9.17, 15) is 22.4 Å². The second-order valence-electron chi connectivity index (χ2n) is 6.06. The molecule has 27 heavy (non-hydrogen) atoms. The number of hydrogen-bond acceptors (Lipinski definition) is 5. The van der Waals surface area contributed by atoms with Gasteiger partial charge in [-0.1, -0.05) is 18.7 Å². The molecule has 6 nitrogen and oxygen atoms in total. The monoisotopic (exact) mass is 381 g/mol. The number of aromatic nitrogens is 2. The van der Waals surface area contributed by atoms with E-state index in [1.807, 2.05) is 5.43 Å². The zero-order valence-corrected chi connectivity index (χ0v) is 13.9. The normalized spacial score (nSPS) is 15.0. The van der Waals surface area contributed by atoms with Crippen molar-refractivity contribution in [2.24, 2.45) is 0 Å². The van der Waals surface area contributed by atoms with Gasteiger partial charge in [0.15, 0.2) is 0 Å². The first kappa shape index (κ1) is 18.6. The Labute approximate surface area is 151 Å². The van der Waals surface area contributed by atoms with E-state index in [4.69, 9.17) is 0 Å². The molecule has 2 aromatic rings. The highest BCUT2D eigenvalue weighted by Gasteiger charge is 2.45. The van der Waals surface area contributed by atoms with Crippen LogP contribution < -0.4 is 16.2 Å². The number of allylic oxidation sites excluding steroid dienone is 1. The van der Waals surface area contributed by atoms with E-state index >= 15 is 0 Å². The minimum absolute atomic E-state index is 0.0327. The molecule has 1 fully saturated rings. The Bertz CT molecular complexity index is 845. The van der Waals surface area contributed by atoms with E-state index in [1.165, 1.54) is 24.5 Å². The second-order valence-corrected chi connectivity index (χ2v) is 6.06. The van der Waals surface area contributed by atoms with Crippen LogP contribution in [0.2, 0.25) is 0 Å². The summed E-state index contributed by atoms with van der Waals surface area (Å²) in [6, 6.07) is 6.09. The van der Waals surface area contributed by atoms with Gasteiger partial charge in [-0.3, -0.25) is 15.6 Å². The van der Waals surface area contributed by atoms with E-state index in [2.05, 4.69) is 21.9 Å². The number of alkyl halides is 3. The molecular formula is C17H15F4N5O. The van der Waals surface area contributed by atoms with Gasteiger partial charge in [0.25, 0.3) is 5.91 Å². The summed E-state index contributed by atoms with van der Waals surface area (Å²) >= 11 is 0. The maximum Gasteiger partial charge on any atom is 0.432 e. The number of benzene rings is 1. The zero-order valence-electron chi connectivity index (χ0n) is 13.9. The number of hydrogen-bond donors (Lipinski definition) is 3. The topological polar surface area (TPSA) is 78.9 Å². The molecule has 142 valence electrons. The molecule has 0 unspecified atom stereocenters. The third-order valence-electron chi connectivity index (χ3n) is 4.08. The van der Waals surface area contributed by atoms with Crippen molar-refractivity contribution in [3.05, 3.63) is 65.9 Å². The van der Waals surface area contributed by atoms with Gasteiger partial charge in [0.2, 0.25) is 5.95 Å². The summed E-state index contributed by atoms with van der Waals surface area (Å²) in [5.74, 6) is -0.921. The van der Waals surface area contributed by atoms with E-state index < -0.39 is 17.8 Å². The summed E-state index contributed by atoms with van der Waals surface area (Å²) in [6.45, 7) is 2.77. The van der Waals surface area contributed by atoms with Crippen molar-refractivity contribution in [3.63, 3.8) is 0 Å². The van der Waals surface area contributed by atoms with E-state index in [-0.39, 0.29) is 22.9 Å². The molecule has 0 saturated heterocycles. The van der Waals surface area contributed by atoms with Crippen LogP contribution in [0.25, 0.3) is 0 Å². The van der Waals surface area contributed by atoms with Gasteiger partial charge in [-0.25, -0.2) is 14.4 Å². The fraction of sp³-hybridized carbons (Fsp3) is 0.235. The highest BCUT2D eigenvalue weighted by molar-refractivity contribution is 5.93. The lowest BCUT2D eigenvalue weighted by molar-refractivity contribution is -0.0972. The van der Waals surface area contributed by atoms with Crippen molar-refractivity contribution < 1.29 is 22.4 Å². The quantitative estimate of drug-likeness (QED) is 0.530. The van der Waals surface area contributed by atoms with Gasteiger partial charge in [0.05, 0.1) is 11.1 Å². The van der Waals surface area contributed by atoms with Crippen LogP contribution in [0.15, 0.2) is 48.9 Å². The lowest BCUT2D eigenvalue weighted by Gasteiger charge is -2.18. The summed E-state index contributed by atoms with van der Waals surface area (Å²) < 4.78 is 50.0. The molecule has 1 aromatic heterocycles. The number of rotatable bonds is 6. The number of carbonyl (C=O) groups is 1. The standard InChI is InChI=1S/C17H15F4N5O/c1-10(17(19,20)21)25-26-14(27)11-8-22-15(23-9-11)24-16(6-7-16)12-2-4-13(18)5-3-12/h2-5,8-9,25H,1,6-7H2,(H,26,27)(H,22,23,24). The summed E-state index contributed by atoms with van der Waals surface area (Å²) in [5.41, 5.74) is 2.73. The van der Waals surface area contributed by atoms with Gasteiger partial charge in [-0.2, -0.15) is 13.2 Å². The van der Waals surface area contributed by atoms with Gasteiger partial charge in [-0.15, -0.1) is 0 Å². The maximum atomic E-state index is 13.1. The lowest BCUT2D eigenvalue weighted by atomic mass is 10.1. The summed E-state index contributed by atoms with van der Waals surface area (Å²) in [7, 11) is 0. The van der Waals surface area contributed by atoms with Crippen molar-refractivity contribution in [3.8, 4) is 0 Å².